The SMILES string of the molecule is Cc1nc2c(N3CCN(C(=O)OC(C)(C)C)CC3)cc(Cl)nn2c1I. The van der Waals surface area contributed by atoms with Gasteiger partial charge in [-0.2, -0.15) is 5.10 Å². The van der Waals surface area contributed by atoms with E-state index in [0.717, 1.165) is 20.7 Å². The van der Waals surface area contributed by atoms with Crippen molar-refractivity contribution in [2.45, 2.75) is 33.3 Å². The lowest BCUT2D eigenvalue weighted by atomic mass is 10.2. The molecule has 9 heteroatoms. The summed E-state index contributed by atoms with van der Waals surface area (Å²) >= 11 is 8.42. The summed E-state index contributed by atoms with van der Waals surface area (Å²) < 4.78 is 8.17. The first-order valence-corrected chi connectivity index (χ1v) is 9.55. The summed E-state index contributed by atoms with van der Waals surface area (Å²) in [6, 6.07) is 1.84. The molecule has 0 atom stereocenters. The van der Waals surface area contributed by atoms with Gasteiger partial charge in [0.1, 0.15) is 9.30 Å². The highest BCUT2D eigenvalue weighted by molar-refractivity contribution is 14.1. The number of piperazine rings is 1. The second-order valence-electron chi connectivity index (χ2n) is 7.03. The standard InChI is InChI=1S/C16H21ClIN5O2/c1-10-13(18)23-14(19-10)11(9-12(17)20-23)21-5-7-22(8-6-21)15(24)25-16(2,3)4/h9H,5-8H2,1-4H3. The van der Waals surface area contributed by atoms with Crippen LogP contribution in [-0.4, -0.2) is 57.4 Å². The molecule has 0 saturated carbocycles. The number of hydrogen-bond acceptors (Lipinski definition) is 5. The van der Waals surface area contributed by atoms with Gasteiger partial charge in [0.2, 0.25) is 0 Å². The van der Waals surface area contributed by atoms with Crippen LogP contribution in [0.2, 0.25) is 5.15 Å². The number of fused-ring (bicyclic) bond motifs is 1. The Morgan fingerprint density at radius 1 is 1.28 bits per heavy atom. The number of ether oxygens (including phenoxy) is 1. The molecule has 3 rings (SSSR count). The monoisotopic (exact) mass is 477 g/mol. The summed E-state index contributed by atoms with van der Waals surface area (Å²) in [7, 11) is 0. The largest absolute Gasteiger partial charge is 0.444 e. The third-order valence-corrected chi connectivity index (χ3v) is 5.33. The number of carbonyl (C=O) groups excluding carboxylic acids is 1. The van der Waals surface area contributed by atoms with Crippen LogP contribution in [0.1, 0.15) is 26.5 Å². The van der Waals surface area contributed by atoms with Crippen LogP contribution >= 0.6 is 34.2 Å². The molecule has 0 spiro atoms. The van der Waals surface area contributed by atoms with E-state index in [9.17, 15) is 4.79 Å². The van der Waals surface area contributed by atoms with Gasteiger partial charge in [0.25, 0.3) is 0 Å². The predicted molar refractivity (Wildman–Crippen MR) is 105 cm³/mol. The van der Waals surface area contributed by atoms with Crippen molar-refractivity contribution in [2.24, 2.45) is 0 Å². The van der Waals surface area contributed by atoms with Gasteiger partial charge in [0.05, 0.1) is 11.4 Å². The molecule has 0 N–H and O–H groups in total. The topological polar surface area (TPSA) is 63.0 Å². The first-order chi connectivity index (χ1) is 11.7. The summed E-state index contributed by atoms with van der Waals surface area (Å²) in [5.41, 5.74) is 2.17. The van der Waals surface area contributed by atoms with E-state index >= 15 is 0 Å². The molecule has 0 radical (unpaired) electrons. The third-order valence-electron chi connectivity index (χ3n) is 3.91. The van der Waals surface area contributed by atoms with Gasteiger partial charge in [-0.05, 0) is 50.3 Å². The van der Waals surface area contributed by atoms with Gasteiger partial charge in [0, 0.05) is 32.2 Å². The summed E-state index contributed by atoms with van der Waals surface area (Å²) in [5.74, 6) is 0. The third kappa shape index (κ3) is 3.94. The van der Waals surface area contributed by atoms with E-state index in [1.807, 2.05) is 33.8 Å². The lowest BCUT2D eigenvalue weighted by Crippen LogP contribution is -2.50. The van der Waals surface area contributed by atoms with E-state index in [4.69, 9.17) is 16.3 Å². The number of anilines is 1. The Kier molecular flexibility index (Phi) is 5.02. The Labute approximate surface area is 165 Å². The molecule has 2 aromatic heterocycles. The maximum atomic E-state index is 12.2. The van der Waals surface area contributed by atoms with Gasteiger partial charge < -0.3 is 14.5 Å². The molecule has 1 aliphatic rings. The van der Waals surface area contributed by atoms with Crippen LogP contribution in [0.25, 0.3) is 5.65 Å². The van der Waals surface area contributed by atoms with Crippen LogP contribution in [0.5, 0.6) is 0 Å². The molecule has 25 heavy (non-hydrogen) atoms. The highest BCUT2D eigenvalue weighted by atomic mass is 127. The zero-order chi connectivity index (χ0) is 18.4. The van der Waals surface area contributed by atoms with Gasteiger partial charge in [-0.25, -0.2) is 14.3 Å². The Hall–Kier alpha value is -1.29. The molecular weight excluding hydrogens is 457 g/mol. The molecule has 1 saturated heterocycles. The lowest BCUT2D eigenvalue weighted by molar-refractivity contribution is 0.0240. The molecule has 3 heterocycles. The van der Waals surface area contributed by atoms with Crippen LogP contribution in [0.3, 0.4) is 0 Å². The van der Waals surface area contributed by atoms with Crippen molar-refractivity contribution >= 4 is 51.6 Å². The molecule has 7 nitrogen and oxygen atoms in total. The normalized spacial score (nSPS) is 15.8. The number of carbonyl (C=O) groups is 1. The number of hydrogen-bond donors (Lipinski definition) is 0. The minimum absolute atomic E-state index is 0.267. The summed E-state index contributed by atoms with van der Waals surface area (Å²) in [5, 5.41) is 4.76. The molecule has 2 aromatic rings. The molecule has 0 aromatic carbocycles. The van der Waals surface area contributed by atoms with E-state index in [-0.39, 0.29) is 6.09 Å². The average molecular weight is 478 g/mol. The second kappa shape index (κ2) is 6.79. The van der Waals surface area contributed by atoms with E-state index < -0.39 is 5.60 Å². The fourth-order valence-electron chi connectivity index (χ4n) is 2.75. The van der Waals surface area contributed by atoms with E-state index in [1.54, 1.807) is 9.42 Å². The number of rotatable bonds is 1. The lowest BCUT2D eigenvalue weighted by Gasteiger charge is -2.36. The first kappa shape index (κ1) is 18.5. The van der Waals surface area contributed by atoms with Crippen molar-refractivity contribution in [3.8, 4) is 0 Å². The van der Waals surface area contributed by atoms with Crippen molar-refractivity contribution in [2.75, 3.05) is 31.1 Å². The highest BCUT2D eigenvalue weighted by Crippen LogP contribution is 2.27. The van der Waals surface area contributed by atoms with Crippen molar-refractivity contribution in [3.05, 3.63) is 20.6 Å². The smallest absolute Gasteiger partial charge is 0.410 e. The summed E-state index contributed by atoms with van der Waals surface area (Å²) in [6.07, 6.45) is -0.267. The first-order valence-electron chi connectivity index (χ1n) is 8.10. The Bertz CT molecular complexity index is 809. The van der Waals surface area contributed by atoms with E-state index in [2.05, 4.69) is 37.6 Å². The van der Waals surface area contributed by atoms with Crippen LogP contribution in [0, 0.1) is 10.6 Å². The Balaban J connectivity index is 1.79. The maximum Gasteiger partial charge on any atom is 0.410 e. The van der Waals surface area contributed by atoms with Crippen molar-refractivity contribution in [1.82, 2.24) is 19.5 Å². The van der Waals surface area contributed by atoms with E-state index in [0.29, 0.717) is 31.3 Å². The van der Waals surface area contributed by atoms with Gasteiger partial charge in [-0.15, -0.1) is 0 Å². The second-order valence-corrected chi connectivity index (χ2v) is 8.44. The van der Waals surface area contributed by atoms with Crippen molar-refractivity contribution < 1.29 is 9.53 Å². The fourth-order valence-corrected chi connectivity index (χ4v) is 3.38. The highest BCUT2D eigenvalue weighted by Gasteiger charge is 2.27. The Morgan fingerprint density at radius 2 is 1.92 bits per heavy atom. The van der Waals surface area contributed by atoms with Crippen LogP contribution in [-0.2, 0) is 4.74 Å². The minimum atomic E-state index is -0.483. The van der Waals surface area contributed by atoms with Gasteiger partial charge in [-0.3, -0.25) is 0 Å². The molecule has 1 amide bonds. The van der Waals surface area contributed by atoms with Gasteiger partial charge >= 0.3 is 6.09 Å². The van der Waals surface area contributed by atoms with Crippen LogP contribution in [0.4, 0.5) is 10.5 Å². The maximum absolute atomic E-state index is 12.2. The van der Waals surface area contributed by atoms with Crippen molar-refractivity contribution in [1.29, 1.82) is 0 Å². The molecule has 0 aliphatic carbocycles. The summed E-state index contributed by atoms with van der Waals surface area (Å²) in [4.78, 5) is 20.8. The number of nitrogens with zero attached hydrogens (tertiary/aromatic N) is 5. The molecule has 1 fully saturated rings. The average Bonchev–Trinajstić information content (AvgIpc) is 2.81. The van der Waals surface area contributed by atoms with Crippen LogP contribution in [0.15, 0.2) is 6.07 Å². The van der Waals surface area contributed by atoms with Crippen molar-refractivity contribution in [3.63, 3.8) is 0 Å². The predicted octanol–water partition coefficient (Wildman–Crippen LogP) is 3.35. The number of aryl methyl sites for hydroxylation is 1. The minimum Gasteiger partial charge on any atom is -0.444 e. The van der Waals surface area contributed by atoms with Crippen LogP contribution < -0.4 is 4.90 Å². The molecule has 1 aliphatic heterocycles. The van der Waals surface area contributed by atoms with E-state index in [1.165, 1.54) is 0 Å². The Morgan fingerprint density at radius 3 is 2.52 bits per heavy atom. The molecule has 0 bridgehead atoms. The van der Waals surface area contributed by atoms with Gasteiger partial charge in [-0.1, -0.05) is 11.6 Å². The quantitative estimate of drug-likeness (QED) is 0.590. The number of amides is 1. The number of aromatic nitrogens is 3. The summed E-state index contributed by atoms with van der Waals surface area (Å²) in [6.45, 7) is 10.1. The number of halogens is 2. The zero-order valence-corrected chi connectivity index (χ0v) is 17.6. The molecule has 136 valence electrons. The molecular formula is C16H21ClIN5O2. The zero-order valence-electron chi connectivity index (χ0n) is 14.7. The number of imidazole rings is 1. The molecule has 0 unspecified atom stereocenters. The fraction of sp³-hybridized carbons (Fsp3) is 0.562. The van der Waals surface area contributed by atoms with Gasteiger partial charge in [0.15, 0.2) is 10.8 Å².